The molecule has 0 atom stereocenters. The van der Waals surface area contributed by atoms with Gasteiger partial charge < -0.3 is 15.3 Å². The van der Waals surface area contributed by atoms with E-state index in [0.717, 1.165) is 15.6 Å². The van der Waals surface area contributed by atoms with Gasteiger partial charge in [0.2, 0.25) is 0 Å². The standard InChI is InChI=1S/C34H36O6Si/c1-20(35)32(21(2)36)26-8-14-29(15-9-26)41(7,30-16-10-27(11-17-30)33(22(3)37)23(4)38)31-18-12-28(13-19-31)34(24(5)39)25(6)40/h8-19,35,37,39H,1-7H3/b32-20-,33-22-,34-24+. The molecule has 0 unspecified atom stereocenters. The molecular weight excluding hydrogens is 532 g/mol. The Hall–Kier alpha value is -4.49. The average Bonchev–Trinajstić information content (AvgIpc) is 2.88. The highest BCUT2D eigenvalue weighted by Crippen LogP contribution is 2.22. The Morgan fingerprint density at radius 1 is 0.439 bits per heavy atom. The Balaban J connectivity index is 2.24. The fourth-order valence-electron chi connectivity index (χ4n) is 5.41. The number of hydrogen-bond donors (Lipinski definition) is 3. The van der Waals surface area contributed by atoms with Crippen molar-refractivity contribution in [2.45, 2.75) is 48.1 Å². The Labute approximate surface area is 242 Å². The third-order valence-electron chi connectivity index (χ3n) is 7.39. The zero-order valence-corrected chi connectivity index (χ0v) is 25.5. The third kappa shape index (κ3) is 6.31. The maximum Gasteiger partial charge on any atom is 0.163 e. The fraction of sp³-hybridized carbons (Fsp3) is 0.206. The zero-order valence-electron chi connectivity index (χ0n) is 24.5. The molecule has 7 heteroatoms. The van der Waals surface area contributed by atoms with Gasteiger partial charge in [0, 0.05) is 0 Å². The number of carbonyl (C=O) groups excluding carboxylic acids is 3. The van der Waals surface area contributed by atoms with Gasteiger partial charge in [-0.2, -0.15) is 0 Å². The molecule has 0 heterocycles. The average molecular weight is 569 g/mol. The summed E-state index contributed by atoms with van der Waals surface area (Å²) in [5.41, 5.74) is 2.64. The number of benzene rings is 3. The first-order valence-electron chi connectivity index (χ1n) is 13.2. The summed E-state index contributed by atoms with van der Waals surface area (Å²) in [4.78, 5) is 36.5. The van der Waals surface area contributed by atoms with E-state index >= 15 is 0 Å². The van der Waals surface area contributed by atoms with Gasteiger partial charge >= 0.3 is 0 Å². The molecule has 6 nitrogen and oxygen atoms in total. The van der Waals surface area contributed by atoms with Crippen molar-refractivity contribution in [3.63, 3.8) is 0 Å². The van der Waals surface area contributed by atoms with Crippen LogP contribution in [0.15, 0.2) is 90.1 Å². The van der Waals surface area contributed by atoms with E-state index < -0.39 is 8.07 Å². The molecule has 0 bridgehead atoms. The fourth-order valence-corrected chi connectivity index (χ4v) is 8.91. The topological polar surface area (TPSA) is 112 Å². The van der Waals surface area contributed by atoms with E-state index in [9.17, 15) is 29.7 Å². The highest BCUT2D eigenvalue weighted by Gasteiger charge is 2.34. The highest BCUT2D eigenvalue weighted by molar-refractivity contribution is 7.10. The summed E-state index contributed by atoms with van der Waals surface area (Å²) in [6.07, 6.45) is 0. The lowest BCUT2D eigenvalue weighted by atomic mass is 10.0. The molecule has 0 aromatic heterocycles. The van der Waals surface area contributed by atoms with E-state index in [0.29, 0.717) is 16.7 Å². The second-order valence-corrected chi connectivity index (χ2v) is 14.4. The summed E-state index contributed by atoms with van der Waals surface area (Å²) < 4.78 is 0. The van der Waals surface area contributed by atoms with Crippen molar-refractivity contribution in [2.75, 3.05) is 0 Å². The van der Waals surface area contributed by atoms with E-state index in [4.69, 9.17) is 0 Å². The lowest BCUT2D eigenvalue weighted by Gasteiger charge is -2.30. The summed E-state index contributed by atoms with van der Waals surface area (Å²) >= 11 is 0. The normalized spacial score (nSPS) is 13.5. The van der Waals surface area contributed by atoms with Crippen LogP contribution in [0.1, 0.15) is 58.2 Å². The minimum absolute atomic E-state index is 0.0431. The predicted octanol–water partition coefficient (Wildman–Crippen LogP) is 5.42. The van der Waals surface area contributed by atoms with Crippen molar-refractivity contribution in [3.05, 3.63) is 107 Å². The number of aliphatic hydroxyl groups is 3. The molecule has 0 saturated carbocycles. The summed E-state index contributed by atoms with van der Waals surface area (Å²) in [6.45, 7) is 10.9. The van der Waals surface area contributed by atoms with Crippen LogP contribution in [0.3, 0.4) is 0 Å². The molecule has 0 saturated heterocycles. The highest BCUT2D eigenvalue weighted by atomic mass is 28.3. The largest absolute Gasteiger partial charge is 0.512 e. The molecule has 0 aliphatic carbocycles. The predicted molar refractivity (Wildman–Crippen MR) is 168 cm³/mol. The molecule has 3 aromatic carbocycles. The Kier molecular flexibility index (Phi) is 9.35. The first-order chi connectivity index (χ1) is 19.2. The van der Waals surface area contributed by atoms with Gasteiger partial charge in [-0.1, -0.05) is 79.3 Å². The van der Waals surface area contributed by atoms with Gasteiger partial charge in [-0.25, -0.2) is 0 Å². The molecule has 41 heavy (non-hydrogen) atoms. The monoisotopic (exact) mass is 568 g/mol. The van der Waals surface area contributed by atoms with E-state index in [1.807, 2.05) is 72.8 Å². The van der Waals surface area contributed by atoms with Gasteiger partial charge in [-0.05, 0) is 73.8 Å². The van der Waals surface area contributed by atoms with E-state index in [1.54, 1.807) is 0 Å². The Morgan fingerprint density at radius 2 is 0.634 bits per heavy atom. The van der Waals surface area contributed by atoms with Gasteiger partial charge in [-0.15, -0.1) is 0 Å². The van der Waals surface area contributed by atoms with Crippen LogP contribution < -0.4 is 15.6 Å². The summed E-state index contributed by atoms with van der Waals surface area (Å²) in [5, 5.41) is 33.4. The molecule has 0 fully saturated rings. The number of hydrogen-bond acceptors (Lipinski definition) is 6. The first-order valence-corrected chi connectivity index (χ1v) is 15.7. The van der Waals surface area contributed by atoms with E-state index in [1.165, 1.54) is 41.5 Å². The van der Waals surface area contributed by atoms with Crippen molar-refractivity contribution in [1.29, 1.82) is 0 Å². The van der Waals surface area contributed by atoms with Crippen molar-refractivity contribution >= 4 is 57.7 Å². The van der Waals surface area contributed by atoms with Gasteiger partial charge in [0.1, 0.15) is 25.4 Å². The molecule has 3 aromatic rings. The Bertz CT molecular complexity index is 1380. The molecule has 0 aliphatic rings. The van der Waals surface area contributed by atoms with Gasteiger partial charge in [0.15, 0.2) is 17.3 Å². The first kappa shape index (κ1) is 31.0. The van der Waals surface area contributed by atoms with Gasteiger partial charge in [0.05, 0.1) is 16.7 Å². The minimum atomic E-state index is -2.70. The number of rotatable bonds is 9. The molecule has 0 radical (unpaired) electrons. The molecule has 0 amide bonds. The van der Waals surface area contributed by atoms with Crippen molar-refractivity contribution in [1.82, 2.24) is 0 Å². The van der Waals surface area contributed by atoms with Crippen LogP contribution in [-0.4, -0.2) is 40.7 Å². The van der Waals surface area contributed by atoms with Crippen LogP contribution in [-0.2, 0) is 14.4 Å². The summed E-state index contributed by atoms with van der Waals surface area (Å²) in [7, 11) is -2.70. The quantitative estimate of drug-likeness (QED) is 0.138. The molecule has 212 valence electrons. The maximum absolute atomic E-state index is 12.2. The van der Waals surface area contributed by atoms with Crippen molar-refractivity contribution in [2.24, 2.45) is 0 Å². The molecular formula is C34H36O6Si. The second-order valence-electron chi connectivity index (χ2n) is 10.4. The van der Waals surface area contributed by atoms with Crippen LogP contribution in [0, 0.1) is 0 Å². The molecule has 0 spiro atoms. The SMILES string of the molecule is CC(=O)/C(=C(/C)O)c1ccc([Si](C)(c2ccc(/C(C(C)=O)=C(/C)O)cc2)c2ccc(/C(C(C)=O)=C(/C)O)cc2)cc1. The minimum Gasteiger partial charge on any atom is -0.512 e. The molecule has 3 N–H and O–H groups in total. The van der Waals surface area contributed by atoms with Gasteiger partial charge in [-0.3, -0.25) is 14.4 Å². The number of Topliss-reactive ketones (excluding diaryl/α,β-unsaturated/α-hetero) is 3. The number of allylic oxidation sites excluding steroid dienone is 6. The maximum atomic E-state index is 12.2. The number of carbonyl (C=O) groups is 3. The summed E-state index contributed by atoms with van der Waals surface area (Å²) in [6, 6.07) is 22.8. The molecule has 0 aliphatic heterocycles. The van der Waals surface area contributed by atoms with E-state index in [2.05, 4.69) is 6.55 Å². The third-order valence-corrected chi connectivity index (χ3v) is 11.9. The van der Waals surface area contributed by atoms with Crippen molar-refractivity contribution < 1.29 is 29.7 Å². The lowest BCUT2D eigenvalue weighted by Crippen LogP contribution is -2.64. The van der Waals surface area contributed by atoms with Crippen LogP contribution in [0.4, 0.5) is 0 Å². The number of ketones is 3. The van der Waals surface area contributed by atoms with E-state index in [-0.39, 0.29) is 51.3 Å². The molecule has 3 rings (SSSR count). The summed E-state index contributed by atoms with van der Waals surface area (Å²) in [5.74, 6) is -0.821. The zero-order chi connectivity index (χ0) is 30.6. The Morgan fingerprint density at radius 3 is 0.780 bits per heavy atom. The van der Waals surface area contributed by atoms with Crippen LogP contribution >= 0.6 is 0 Å². The second kappa shape index (κ2) is 12.4. The smallest absolute Gasteiger partial charge is 0.163 e. The van der Waals surface area contributed by atoms with Crippen LogP contribution in [0.25, 0.3) is 16.7 Å². The van der Waals surface area contributed by atoms with Crippen LogP contribution in [0.5, 0.6) is 0 Å². The van der Waals surface area contributed by atoms with Crippen LogP contribution in [0.2, 0.25) is 6.55 Å². The lowest BCUT2D eigenvalue weighted by molar-refractivity contribution is -0.112. The number of aliphatic hydroxyl groups excluding tert-OH is 3. The van der Waals surface area contributed by atoms with Gasteiger partial charge in [0.25, 0.3) is 0 Å². The van der Waals surface area contributed by atoms with Crippen molar-refractivity contribution in [3.8, 4) is 0 Å².